The molecule has 33 heavy (non-hydrogen) atoms. The van der Waals surface area contributed by atoms with E-state index in [0.717, 1.165) is 17.0 Å². The molecule has 1 unspecified atom stereocenters. The van der Waals surface area contributed by atoms with E-state index in [4.69, 9.17) is 16.6 Å². The number of carbonyl (C=O) groups is 1. The number of benzene rings is 3. The lowest BCUT2D eigenvalue weighted by molar-refractivity contribution is 0.0962. The number of carbonyl (C=O) groups excluding carboxylic acids is 1. The highest BCUT2D eigenvalue weighted by Gasteiger charge is 2.28. The van der Waals surface area contributed by atoms with Crippen molar-refractivity contribution in [3.8, 4) is 0 Å². The van der Waals surface area contributed by atoms with Gasteiger partial charge >= 0.3 is 0 Å². The molecule has 162 valence electrons. The molecule has 1 aliphatic carbocycles. The van der Waals surface area contributed by atoms with Gasteiger partial charge in [-0.15, -0.1) is 5.10 Å². The Morgan fingerprint density at radius 1 is 0.970 bits per heavy atom. The van der Waals surface area contributed by atoms with Crippen molar-refractivity contribution in [1.29, 1.82) is 0 Å². The second-order valence-corrected chi connectivity index (χ2v) is 9.63. The van der Waals surface area contributed by atoms with Crippen molar-refractivity contribution in [3.63, 3.8) is 0 Å². The molecule has 7 heteroatoms. The first-order valence-electron chi connectivity index (χ1n) is 10.8. The van der Waals surface area contributed by atoms with Crippen molar-refractivity contribution >= 4 is 45.7 Å². The topological polar surface area (TPSA) is 60.2 Å². The summed E-state index contributed by atoms with van der Waals surface area (Å²) in [5.74, 6) is 1.47. The second kappa shape index (κ2) is 8.28. The zero-order valence-electron chi connectivity index (χ0n) is 17.6. The smallest absolute Gasteiger partial charge is 0.253 e. The van der Waals surface area contributed by atoms with E-state index in [2.05, 4.69) is 52.5 Å². The molecule has 2 heterocycles. The summed E-state index contributed by atoms with van der Waals surface area (Å²) in [6, 6.07) is 22.4. The minimum atomic E-state index is 0.0889. The van der Waals surface area contributed by atoms with Crippen LogP contribution >= 0.6 is 23.4 Å². The number of hydrogen-bond donors (Lipinski definition) is 0. The van der Waals surface area contributed by atoms with Gasteiger partial charge in [0.05, 0.1) is 11.3 Å². The van der Waals surface area contributed by atoms with Crippen LogP contribution in [0.3, 0.4) is 0 Å². The summed E-state index contributed by atoms with van der Waals surface area (Å²) in [6.07, 6.45) is 2.94. The van der Waals surface area contributed by atoms with Crippen LogP contribution in [0.4, 0.5) is 0 Å². The fourth-order valence-electron chi connectivity index (χ4n) is 4.46. The van der Waals surface area contributed by atoms with Crippen LogP contribution in [0, 0.1) is 0 Å². The summed E-state index contributed by atoms with van der Waals surface area (Å²) in [5.41, 5.74) is 3.78. The number of halogens is 1. The van der Waals surface area contributed by atoms with Crippen molar-refractivity contribution in [3.05, 3.63) is 100 Å². The van der Waals surface area contributed by atoms with E-state index < -0.39 is 0 Å². The average molecular weight is 471 g/mol. The van der Waals surface area contributed by atoms with E-state index in [9.17, 15) is 4.79 Å². The lowest BCUT2D eigenvalue weighted by atomic mass is 9.82. The summed E-state index contributed by atoms with van der Waals surface area (Å²) >= 11 is 7.60. The molecule has 0 radical (unpaired) electrons. The minimum Gasteiger partial charge on any atom is -0.294 e. The van der Waals surface area contributed by atoms with Crippen LogP contribution in [-0.2, 0) is 12.2 Å². The summed E-state index contributed by atoms with van der Waals surface area (Å²) in [5, 5.41) is 8.38. The first-order valence-corrected chi connectivity index (χ1v) is 12.1. The fraction of sp³-hybridized carbons (Fsp3) is 0.154. The van der Waals surface area contributed by atoms with E-state index in [1.807, 2.05) is 24.3 Å². The Hall–Kier alpha value is -3.22. The summed E-state index contributed by atoms with van der Waals surface area (Å²) in [4.78, 5) is 22.2. The molecule has 0 fully saturated rings. The number of ketones is 1. The third-order valence-electron chi connectivity index (χ3n) is 6.14. The quantitative estimate of drug-likeness (QED) is 0.295. The van der Waals surface area contributed by atoms with Gasteiger partial charge in [-0.3, -0.25) is 4.79 Å². The summed E-state index contributed by atoms with van der Waals surface area (Å²) in [7, 11) is 0. The molecular formula is C26H19ClN4OS. The molecular weight excluding hydrogens is 452 g/mol. The molecule has 0 aliphatic heterocycles. The SMILES string of the molecule is O=C1CC(c2ccc(Cl)cc2)Cc2nc3nc(SCc4cccc5ccccc45)nn3cc21. The second-order valence-electron chi connectivity index (χ2n) is 8.25. The maximum Gasteiger partial charge on any atom is 0.253 e. The largest absolute Gasteiger partial charge is 0.294 e. The number of rotatable bonds is 4. The Morgan fingerprint density at radius 2 is 1.79 bits per heavy atom. The highest BCUT2D eigenvalue weighted by molar-refractivity contribution is 7.98. The third-order valence-corrected chi connectivity index (χ3v) is 7.28. The van der Waals surface area contributed by atoms with Crippen LogP contribution in [0.2, 0.25) is 5.02 Å². The standard InChI is InChI=1S/C26H19ClN4OS/c27-20-10-8-16(9-11-20)19-12-23-22(24(32)13-19)14-31-25(28-23)29-26(30-31)33-15-18-6-3-5-17-4-1-2-7-21(17)18/h1-11,14,19H,12-13,15H2. The monoisotopic (exact) mass is 470 g/mol. The number of thioether (sulfide) groups is 1. The molecule has 6 rings (SSSR count). The van der Waals surface area contributed by atoms with E-state index in [0.29, 0.717) is 34.4 Å². The van der Waals surface area contributed by atoms with Crippen molar-refractivity contribution in [2.75, 3.05) is 0 Å². The van der Waals surface area contributed by atoms with Gasteiger partial charge in [0, 0.05) is 23.4 Å². The lowest BCUT2D eigenvalue weighted by Gasteiger charge is -2.23. The number of aromatic nitrogens is 4. The van der Waals surface area contributed by atoms with Crippen molar-refractivity contribution < 1.29 is 4.79 Å². The highest BCUT2D eigenvalue weighted by atomic mass is 35.5. The van der Waals surface area contributed by atoms with Crippen LogP contribution in [0.1, 0.15) is 39.5 Å². The van der Waals surface area contributed by atoms with Crippen LogP contribution in [0.15, 0.2) is 78.1 Å². The first-order chi connectivity index (χ1) is 16.1. The van der Waals surface area contributed by atoms with Gasteiger partial charge in [-0.25, -0.2) is 9.50 Å². The highest BCUT2D eigenvalue weighted by Crippen LogP contribution is 2.33. The van der Waals surface area contributed by atoms with Gasteiger partial charge in [-0.05, 0) is 46.4 Å². The molecule has 0 saturated heterocycles. The zero-order valence-corrected chi connectivity index (χ0v) is 19.2. The molecule has 3 aromatic carbocycles. The van der Waals surface area contributed by atoms with Gasteiger partial charge in [0.25, 0.3) is 5.78 Å². The van der Waals surface area contributed by atoms with Gasteiger partial charge in [0.1, 0.15) is 0 Å². The van der Waals surface area contributed by atoms with Gasteiger partial charge in [0.15, 0.2) is 5.78 Å². The molecule has 0 amide bonds. The molecule has 0 saturated carbocycles. The predicted octanol–water partition coefficient (Wildman–Crippen LogP) is 6.14. The molecule has 0 spiro atoms. The molecule has 5 aromatic rings. The Morgan fingerprint density at radius 3 is 2.67 bits per heavy atom. The van der Waals surface area contributed by atoms with Crippen LogP contribution in [0.5, 0.6) is 0 Å². The van der Waals surface area contributed by atoms with Crippen LogP contribution in [0.25, 0.3) is 16.6 Å². The lowest BCUT2D eigenvalue weighted by Crippen LogP contribution is -2.21. The Kier molecular flexibility index (Phi) is 5.12. The van der Waals surface area contributed by atoms with E-state index >= 15 is 0 Å². The first kappa shape index (κ1) is 20.4. The van der Waals surface area contributed by atoms with Crippen molar-refractivity contribution in [2.45, 2.75) is 29.7 Å². The molecule has 0 bridgehead atoms. The zero-order chi connectivity index (χ0) is 22.4. The van der Waals surface area contributed by atoms with E-state index in [1.54, 1.807) is 22.5 Å². The van der Waals surface area contributed by atoms with Crippen LogP contribution < -0.4 is 0 Å². The summed E-state index contributed by atoms with van der Waals surface area (Å²) < 4.78 is 1.63. The number of nitrogens with zero attached hydrogens (tertiary/aromatic N) is 4. The summed E-state index contributed by atoms with van der Waals surface area (Å²) in [6.45, 7) is 0. The van der Waals surface area contributed by atoms with Gasteiger partial charge < -0.3 is 0 Å². The Labute approximate surface area is 199 Å². The maximum absolute atomic E-state index is 12.9. The minimum absolute atomic E-state index is 0.0889. The van der Waals surface area contributed by atoms with Crippen LogP contribution in [-0.4, -0.2) is 25.4 Å². The van der Waals surface area contributed by atoms with Crippen molar-refractivity contribution in [2.24, 2.45) is 0 Å². The third kappa shape index (κ3) is 3.90. The predicted molar refractivity (Wildman–Crippen MR) is 131 cm³/mol. The van der Waals surface area contributed by atoms with E-state index in [1.165, 1.54) is 16.3 Å². The normalized spacial score (nSPS) is 15.8. The molecule has 0 N–H and O–H groups in total. The van der Waals surface area contributed by atoms with Crippen molar-refractivity contribution in [1.82, 2.24) is 19.6 Å². The molecule has 5 nitrogen and oxygen atoms in total. The number of hydrogen-bond acceptors (Lipinski definition) is 5. The van der Waals surface area contributed by atoms with E-state index in [-0.39, 0.29) is 11.7 Å². The number of fused-ring (bicyclic) bond motifs is 3. The molecule has 1 aliphatic rings. The van der Waals surface area contributed by atoms with Gasteiger partial charge in [-0.2, -0.15) is 4.98 Å². The maximum atomic E-state index is 12.9. The Balaban J connectivity index is 1.27. The number of Topliss-reactive ketones (excluding diaryl/α,β-unsaturated/α-hetero) is 1. The average Bonchev–Trinajstić information content (AvgIpc) is 3.24. The van der Waals surface area contributed by atoms with Gasteiger partial charge in [0.2, 0.25) is 5.16 Å². The molecule has 2 aromatic heterocycles. The Bertz CT molecular complexity index is 1510. The fourth-order valence-corrected chi connectivity index (χ4v) is 5.41. The van der Waals surface area contributed by atoms with Gasteiger partial charge in [-0.1, -0.05) is 78.0 Å². The molecule has 1 atom stereocenters.